The Morgan fingerprint density at radius 3 is 2.44 bits per heavy atom. The molecule has 0 saturated heterocycles. The number of carbonyl (C=O) groups is 1. The van der Waals surface area contributed by atoms with Crippen LogP contribution in [0.25, 0.3) is 0 Å². The Balaban J connectivity index is 2.34. The largest absolute Gasteiger partial charge is 0.478 e. The minimum atomic E-state index is -1.16. The lowest BCUT2D eigenvalue weighted by Crippen LogP contribution is -2.03. The highest BCUT2D eigenvalue weighted by atomic mass is 19.1. The molecule has 92 valence electrons. The molecular weight excluding hydrogens is 233 g/mol. The van der Waals surface area contributed by atoms with Crippen LogP contribution in [0.15, 0.2) is 42.5 Å². The number of carboxylic acid groups (broad SMARTS) is 1. The van der Waals surface area contributed by atoms with Gasteiger partial charge in [-0.2, -0.15) is 0 Å². The van der Waals surface area contributed by atoms with E-state index >= 15 is 0 Å². The van der Waals surface area contributed by atoms with Gasteiger partial charge in [0.2, 0.25) is 0 Å². The molecule has 4 heteroatoms. The van der Waals surface area contributed by atoms with Crippen LogP contribution in [0, 0.1) is 12.7 Å². The fraction of sp³-hybridized carbons (Fsp3) is 0.0714. The molecule has 0 saturated carbocycles. The normalized spacial score (nSPS) is 10.1. The molecule has 18 heavy (non-hydrogen) atoms. The summed E-state index contributed by atoms with van der Waals surface area (Å²) in [4.78, 5) is 11.0. The van der Waals surface area contributed by atoms with Crippen LogP contribution >= 0.6 is 0 Å². The Labute approximate surface area is 104 Å². The molecule has 2 aromatic rings. The zero-order valence-electron chi connectivity index (χ0n) is 9.77. The number of benzene rings is 2. The molecule has 0 amide bonds. The highest BCUT2D eigenvalue weighted by Gasteiger charge is 2.11. The minimum Gasteiger partial charge on any atom is -0.478 e. The van der Waals surface area contributed by atoms with Crippen LogP contribution in [0.2, 0.25) is 0 Å². The van der Waals surface area contributed by atoms with Crippen LogP contribution in [0.1, 0.15) is 15.9 Å². The van der Waals surface area contributed by atoms with Crippen LogP contribution in [0.3, 0.4) is 0 Å². The van der Waals surface area contributed by atoms with E-state index in [1.807, 2.05) is 31.2 Å². The SMILES string of the molecule is Cc1ccc(Nc2ccc(F)cc2C(=O)O)cc1. The molecule has 0 spiro atoms. The van der Waals surface area contributed by atoms with Crippen molar-refractivity contribution >= 4 is 17.3 Å². The van der Waals surface area contributed by atoms with Gasteiger partial charge in [0, 0.05) is 5.69 Å². The van der Waals surface area contributed by atoms with E-state index in [4.69, 9.17) is 5.11 Å². The lowest BCUT2D eigenvalue weighted by molar-refractivity contribution is 0.0697. The summed E-state index contributed by atoms with van der Waals surface area (Å²) in [6.07, 6.45) is 0. The van der Waals surface area contributed by atoms with Gasteiger partial charge in [0.25, 0.3) is 0 Å². The van der Waals surface area contributed by atoms with Crippen molar-refractivity contribution in [3.05, 3.63) is 59.4 Å². The van der Waals surface area contributed by atoms with Crippen LogP contribution in [-0.2, 0) is 0 Å². The van der Waals surface area contributed by atoms with Crippen molar-refractivity contribution in [2.24, 2.45) is 0 Å². The zero-order valence-corrected chi connectivity index (χ0v) is 9.77. The van der Waals surface area contributed by atoms with Crippen molar-refractivity contribution in [2.75, 3.05) is 5.32 Å². The van der Waals surface area contributed by atoms with E-state index in [1.54, 1.807) is 0 Å². The highest BCUT2D eigenvalue weighted by molar-refractivity contribution is 5.95. The monoisotopic (exact) mass is 245 g/mol. The van der Waals surface area contributed by atoms with Gasteiger partial charge in [0.15, 0.2) is 0 Å². The second-order valence-corrected chi connectivity index (χ2v) is 3.99. The van der Waals surface area contributed by atoms with Crippen molar-refractivity contribution in [3.63, 3.8) is 0 Å². The van der Waals surface area contributed by atoms with Gasteiger partial charge in [0.05, 0.1) is 11.3 Å². The fourth-order valence-corrected chi connectivity index (χ4v) is 1.59. The van der Waals surface area contributed by atoms with Gasteiger partial charge in [-0.3, -0.25) is 0 Å². The summed E-state index contributed by atoms with van der Waals surface area (Å²) >= 11 is 0. The van der Waals surface area contributed by atoms with Gasteiger partial charge in [0.1, 0.15) is 5.82 Å². The molecule has 3 nitrogen and oxygen atoms in total. The first-order valence-corrected chi connectivity index (χ1v) is 5.43. The van der Waals surface area contributed by atoms with Gasteiger partial charge < -0.3 is 10.4 Å². The Morgan fingerprint density at radius 1 is 1.17 bits per heavy atom. The van der Waals surface area contributed by atoms with Gasteiger partial charge in [-0.1, -0.05) is 17.7 Å². The number of rotatable bonds is 3. The van der Waals surface area contributed by atoms with E-state index in [1.165, 1.54) is 12.1 Å². The molecule has 2 N–H and O–H groups in total. The number of anilines is 2. The molecule has 0 radical (unpaired) electrons. The summed E-state index contributed by atoms with van der Waals surface area (Å²) < 4.78 is 13.0. The lowest BCUT2D eigenvalue weighted by atomic mass is 10.1. The van der Waals surface area contributed by atoms with Crippen LogP contribution in [0.5, 0.6) is 0 Å². The Morgan fingerprint density at radius 2 is 1.83 bits per heavy atom. The van der Waals surface area contributed by atoms with E-state index in [0.717, 1.165) is 17.3 Å². The maximum Gasteiger partial charge on any atom is 0.337 e. The van der Waals surface area contributed by atoms with Crippen molar-refractivity contribution in [3.8, 4) is 0 Å². The molecule has 0 aromatic heterocycles. The summed E-state index contributed by atoms with van der Waals surface area (Å²) in [6.45, 7) is 1.96. The smallest absolute Gasteiger partial charge is 0.337 e. The average molecular weight is 245 g/mol. The molecule has 0 atom stereocenters. The van der Waals surface area contributed by atoms with Gasteiger partial charge in [-0.25, -0.2) is 9.18 Å². The first-order chi connectivity index (χ1) is 8.56. The van der Waals surface area contributed by atoms with E-state index in [-0.39, 0.29) is 5.56 Å². The third kappa shape index (κ3) is 2.66. The van der Waals surface area contributed by atoms with Crippen molar-refractivity contribution in [2.45, 2.75) is 6.92 Å². The van der Waals surface area contributed by atoms with Crippen LogP contribution in [-0.4, -0.2) is 11.1 Å². The summed E-state index contributed by atoms with van der Waals surface area (Å²) in [6, 6.07) is 11.1. The summed E-state index contributed by atoms with van der Waals surface area (Å²) in [5.41, 5.74) is 2.15. The molecule has 0 aliphatic carbocycles. The number of hydrogen-bond donors (Lipinski definition) is 2. The molecule has 0 bridgehead atoms. The first kappa shape index (κ1) is 12.1. The average Bonchev–Trinajstić information content (AvgIpc) is 2.34. The summed E-state index contributed by atoms with van der Waals surface area (Å²) in [5, 5.41) is 12.0. The molecule has 2 aromatic carbocycles. The number of carboxylic acids is 1. The zero-order chi connectivity index (χ0) is 13.1. The van der Waals surface area contributed by atoms with E-state index in [0.29, 0.717) is 5.69 Å². The van der Waals surface area contributed by atoms with Gasteiger partial charge in [-0.15, -0.1) is 0 Å². The number of halogens is 1. The van der Waals surface area contributed by atoms with Gasteiger partial charge in [-0.05, 0) is 37.3 Å². The fourth-order valence-electron chi connectivity index (χ4n) is 1.59. The lowest BCUT2D eigenvalue weighted by Gasteiger charge is -2.09. The number of nitrogens with one attached hydrogen (secondary N) is 1. The molecule has 0 fully saturated rings. The van der Waals surface area contributed by atoms with Crippen molar-refractivity contribution < 1.29 is 14.3 Å². The molecule has 2 rings (SSSR count). The minimum absolute atomic E-state index is 0.0874. The summed E-state index contributed by atoms with van der Waals surface area (Å²) in [7, 11) is 0. The Bertz CT molecular complexity index is 579. The Kier molecular flexibility index (Phi) is 3.28. The van der Waals surface area contributed by atoms with Crippen LogP contribution in [0.4, 0.5) is 15.8 Å². The number of aromatic carboxylic acids is 1. The third-order valence-corrected chi connectivity index (χ3v) is 2.54. The predicted molar refractivity (Wildman–Crippen MR) is 67.8 cm³/mol. The highest BCUT2D eigenvalue weighted by Crippen LogP contribution is 2.22. The first-order valence-electron chi connectivity index (χ1n) is 5.43. The third-order valence-electron chi connectivity index (χ3n) is 2.54. The Hall–Kier alpha value is -2.36. The second kappa shape index (κ2) is 4.87. The number of hydrogen-bond acceptors (Lipinski definition) is 2. The molecule has 0 aliphatic rings. The quantitative estimate of drug-likeness (QED) is 0.869. The number of aryl methyl sites for hydroxylation is 1. The van der Waals surface area contributed by atoms with Gasteiger partial charge >= 0.3 is 5.97 Å². The van der Waals surface area contributed by atoms with Crippen molar-refractivity contribution in [1.82, 2.24) is 0 Å². The maximum absolute atomic E-state index is 13.0. The van der Waals surface area contributed by atoms with E-state index in [9.17, 15) is 9.18 Å². The standard InChI is InChI=1S/C14H12FNO2/c1-9-2-5-11(6-3-9)16-13-7-4-10(15)8-12(13)14(17)18/h2-8,16H,1H3,(H,17,18). The maximum atomic E-state index is 13.0. The molecular formula is C14H12FNO2. The van der Waals surface area contributed by atoms with Crippen molar-refractivity contribution in [1.29, 1.82) is 0 Å². The summed E-state index contributed by atoms with van der Waals surface area (Å²) in [5.74, 6) is -1.73. The molecule has 0 aliphatic heterocycles. The molecule has 0 heterocycles. The second-order valence-electron chi connectivity index (χ2n) is 3.99. The topological polar surface area (TPSA) is 49.3 Å². The molecule has 0 unspecified atom stereocenters. The van der Waals surface area contributed by atoms with E-state index < -0.39 is 11.8 Å². The van der Waals surface area contributed by atoms with Crippen LogP contribution < -0.4 is 5.32 Å². The van der Waals surface area contributed by atoms with E-state index in [2.05, 4.69) is 5.32 Å². The predicted octanol–water partition coefficient (Wildman–Crippen LogP) is 3.58.